The lowest BCUT2D eigenvalue weighted by atomic mass is 10.1. The van der Waals surface area contributed by atoms with E-state index in [0.29, 0.717) is 6.54 Å². The molecule has 1 aromatic heterocycles. The summed E-state index contributed by atoms with van der Waals surface area (Å²) in [5, 5.41) is 0. The molecule has 0 saturated carbocycles. The van der Waals surface area contributed by atoms with Gasteiger partial charge in [-0.3, -0.25) is 0 Å². The maximum atomic E-state index is 5.96. The van der Waals surface area contributed by atoms with E-state index in [4.69, 9.17) is 14.9 Å². The van der Waals surface area contributed by atoms with Crippen molar-refractivity contribution in [2.45, 2.75) is 26.9 Å². The molecule has 0 bridgehead atoms. The highest BCUT2D eigenvalue weighted by molar-refractivity contribution is 5.36. The first-order chi connectivity index (χ1) is 8.60. The van der Waals surface area contributed by atoms with Gasteiger partial charge >= 0.3 is 0 Å². The number of furan rings is 1. The number of ether oxygens (including phenoxy) is 1. The van der Waals surface area contributed by atoms with Crippen LogP contribution in [0.25, 0.3) is 0 Å². The van der Waals surface area contributed by atoms with Gasteiger partial charge in [0.25, 0.3) is 0 Å². The molecule has 2 aromatic rings. The van der Waals surface area contributed by atoms with Crippen molar-refractivity contribution in [2.75, 3.05) is 6.54 Å². The van der Waals surface area contributed by atoms with Crippen LogP contribution in [-0.4, -0.2) is 6.54 Å². The Balaban J connectivity index is 2.22. The lowest BCUT2D eigenvalue weighted by molar-refractivity contribution is 0.181. The lowest BCUT2D eigenvalue weighted by Crippen LogP contribution is -2.18. The van der Waals surface area contributed by atoms with Crippen LogP contribution in [0.4, 0.5) is 0 Å². The molecule has 0 aliphatic carbocycles. The molecule has 1 aromatic carbocycles. The number of rotatable bonds is 4. The lowest BCUT2D eigenvalue weighted by Gasteiger charge is -2.17. The third-order valence-electron chi connectivity index (χ3n) is 2.91. The van der Waals surface area contributed by atoms with Crippen molar-refractivity contribution in [3.05, 3.63) is 53.0 Å². The van der Waals surface area contributed by atoms with Crippen LogP contribution in [0.5, 0.6) is 5.75 Å². The highest BCUT2D eigenvalue weighted by Crippen LogP contribution is 2.26. The molecular formula is C15H19NO2. The van der Waals surface area contributed by atoms with Crippen molar-refractivity contribution in [3.63, 3.8) is 0 Å². The predicted molar refractivity (Wildman–Crippen MR) is 71.8 cm³/mol. The monoisotopic (exact) mass is 245 g/mol. The van der Waals surface area contributed by atoms with Crippen LogP contribution in [0.1, 0.15) is 28.8 Å². The highest BCUT2D eigenvalue weighted by Gasteiger charge is 2.16. The molecule has 0 saturated heterocycles. The van der Waals surface area contributed by atoms with Gasteiger partial charge < -0.3 is 14.9 Å². The van der Waals surface area contributed by atoms with Crippen LogP contribution >= 0.6 is 0 Å². The Morgan fingerprint density at radius 2 is 1.94 bits per heavy atom. The minimum absolute atomic E-state index is 0.237. The molecule has 1 heterocycles. The summed E-state index contributed by atoms with van der Waals surface area (Å²) < 4.78 is 11.5. The molecular weight excluding hydrogens is 226 g/mol. The van der Waals surface area contributed by atoms with Crippen LogP contribution in [0.15, 0.2) is 34.7 Å². The second-order valence-electron chi connectivity index (χ2n) is 4.56. The van der Waals surface area contributed by atoms with Crippen molar-refractivity contribution in [1.82, 2.24) is 0 Å². The van der Waals surface area contributed by atoms with E-state index in [9.17, 15) is 0 Å². The third kappa shape index (κ3) is 2.74. The molecule has 0 aliphatic rings. The first-order valence-corrected chi connectivity index (χ1v) is 6.10. The molecule has 0 amide bonds. The smallest absolute Gasteiger partial charge is 0.168 e. The molecule has 0 radical (unpaired) electrons. The summed E-state index contributed by atoms with van der Waals surface area (Å²) >= 11 is 0. The number of nitrogens with two attached hydrogens (primary N) is 1. The summed E-state index contributed by atoms with van der Waals surface area (Å²) in [6.07, 6.45) is -0.237. The Labute approximate surface area is 108 Å². The van der Waals surface area contributed by atoms with E-state index in [-0.39, 0.29) is 6.10 Å². The zero-order chi connectivity index (χ0) is 13.1. The fourth-order valence-electron chi connectivity index (χ4n) is 1.84. The standard InChI is InChI=1S/C15H19NO2/c1-10-4-5-11(2)14(8-10)18-15(9-16)13-7-6-12(3)17-13/h4-8,15H,9,16H2,1-3H3. The maximum Gasteiger partial charge on any atom is 0.168 e. The zero-order valence-corrected chi connectivity index (χ0v) is 11.1. The molecule has 0 aliphatic heterocycles. The molecule has 0 spiro atoms. The van der Waals surface area contributed by atoms with Crippen molar-refractivity contribution in [3.8, 4) is 5.75 Å². The van der Waals surface area contributed by atoms with E-state index in [1.54, 1.807) is 0 Å². The second-order valence-corrected chi connectivity index (χ2v) is 4.56. The van der Waals surface area contributed by atoms with Gasteiger partial charge in [0, 0.05) is 6.54 Å². The van der Waals surface area contributed by atoms with Gasteiger partial charge in [-0.25, -0.2) is 0 Å². The Hall–Kier alpha value is -1.74. The zero-order valence-electron chi connectivity index (χ0n) is 11.1. The van der Waals surface area contributed by atoms with Gasteiger partial charge in [0.15, 0.2) is 6.10 Å². The first-order valence-electron chi connectivity index (χ1n) is 6.10. The van der Waals surface area contributed by atoms with Gasteiger partial charge in [-0.05, 0) is 50.1 Å². The Morgan fingerprint density at radius 3 is 2.56 bits per heavy atom. The van der Waals surface area contributed by atoms with Crippen LogP contribution in [-0.2, 0) is 0 Å². The molecule has 96 valence electrons. The van der Waals surface area contributed by atoms with Gasteiger partial charge in [0.2, 0.25) is 0 Å². The molecule has 1 unspecified atom stereocenters. The van der Waals surface area contributed by atoms with E-state index < -0.39 is 0 Å². The van der Waals surface area contributed by atoms with E-state index in [1.807, 2.05) is 45.0 Å². The molecule has 0 fully saturated rings. The predicted octanol–water partition coefficient (Wildman–Crippen LogP) is 3.28. The normalized spacial score (nSPS) is 12.4. The molecule has 1 atom stereocenters. The summed E-state index contributed by atoms with van der Waals surface area (Å²) in [7, 11) is 0. The number of benzene rings is 1. The van der Waals surface area contributed by atoms with Crippen molar-refractivity contribution in [1.29, 1.82) is 0 Å². The topological polar surface area (TPSA) is 48.4 Å². The summed E-state index contributed by atoms with van der Waals surface area (Å²) in [5.41, 5.74) is 8.03. The van der Waals surface area contributed by atoms with Crippen molar-refractivity contribution < 1.29 is 9.15 Å². The van der Waals surface area contributed by atoms with Crippen LogP contribution in [0.3, 0.4) is 0 Å². The van der Waals surface area contributed by atoms with Crippen LogP contribution < -0.4 is 10.5 Å². The van der Waals surface area contributed by atoms with Gasteiger partial charge in [0.1, 0.15) is 17.3 Å². The Morgan fingerprint density at radius 1 is 1.17 bits per heavy atom. The molecule has 2 rings (SSSR count). The Kier molecular flexibility index (Phi) is 3.72. The van der Waals surface area contributed by atoms with E-state index in [2.05, 4.69) is 6.07 Å². The highest BCUT2D eigenvalue weighted by atomic mass is 16.5. The Bertz CT molecular complexity index is 531. The average Bonchev–Trinajstić information content (AvgIpc) is 2.77. The fourth-order valence-corrected chi connectivity index (χ4v) is 1.84. The molecule has 3 nitrogen and oxygen atoms in total. The van der Waals surface area contributed by atoms with Gasteiger partial charge in [-0.1, -0.05) is 12.1 Å². The molecule has 18 heavy (non-hydrogen) atoms. The maximum absolute atomic E-state index is 5.96. The third-order valence-corrected chi connectivity index (χ3v) is 2.91. The summed E-state index contributed by atoms with van der Waals surface area (Å²) in [4.78, 5) is 0. The van der Waals surface area contributed by atoms with Crippen LogP contribution in [0.2, 0.25) is 0 Å². The number of hydrogen-bond acceptors (Lipinski definition) is 3. The fraction of sp³-hybridized carbons (Fsp3) is 0.333. The average molecular weight is 245 g/mol. The van der Waals surface area contributed by atoms with E-state index >= 15 is 0 Å². The van der Waals surface area contributed by atoms with Crippen molar-refractivity contribution in [2.24, 2.45) is 5.73 Å². The van der Waals surface area contributed by atoms with Gasteiger partial charge in [-0.15, -0.1) is 0 Å². The summed E-state index contributed by atoms with van der Waals surface area (Å²) in [5.74, 6) is 2.50. The summed E-state index contributed by atoms with van der Waals surface area (Å²) in [6.45, 7) is 6.37. The van der Waals surface area contributed by atoms with E-state index in [0.717, 1.165) is 22.8 Å². The number of aryl methyl sites for hydroxylation is 3. The quantitative estimate of drug-likeness (QED) is 0.899. The first kappa shape index (κ1) is 12.7. The minimum atomic E-state index is -0.237. The van der Waals surface area contributed by atoms with Gasteiger partial charge in [-0.2, -0.15) is 0 Å². The SMILES string of the molecule is Cc1ccc(C)c(OC(CN)c2ccc(C)o2)c1. The largest absolute Gasteiger partial charge is 0.481 e. The molecule has 3 heteroatoms. The minimum Gasteiger partial charge on any atom is -0.481 e. The summed E-state index contributed by atoms with van der Waals surface area (Å²) in [6, 6.07) is 9.97. The van der Waals surface area contributed by atoms with Crippen LogP contribution in [0, 0.1) is 20.8 Å². The van der Waals surface area contributed by atoms with Crippen molar-refractivity contribution >= 4 is 0 Å². The second kappa shape index (κ2) is 5.27. The number of hydrogen-bond donors (Lipinski definition) is 1. The molecule has 2 N–H and O–H groups in total. The van der Waals surface area contributed by atoms with Gasteiger partial charge in [0.05, 0.1) is 0 Å². The van der Waals surface area contributed by atoms with E-state index in [1.165, 1.54) is 5.56 Å².